The van der Waals surface area contributed by atoms with E-state index in [9.17, 15) is 10.1 Å². The minimum atomic E-state index is -0.577. The molecule has 4 nitrogen and oxygen atoms in total. The normalized spacial score (nSPS) is 10.5. The lowest BCUT2D eigenvalue weighted by molar-refractivity contribution is -0.385. The Kier molecular flexibility index (Phi) is 4.16. The zero-order valence-corrected chi connectivity index (χ0v) is 12.1. The van der Waals surface area contributed by atoms with Gasteiger partial charge in [0, 0.05) is 22.2 Å². The van der Waals surface area contributed by atoms with Gasteiger partial charge in [0.25, 0.3) is 5.69 Å². The second-order valence-electron chi connectivity index (χ2n) is 3.54. The number of aromatic nitrogens is 1. The third-order valence-corrected chi connectivity index (χ3v) is 3.64. The Morgan fingerprint density at radius 2 is 1.74 bits per heavy atom. The molecule has 0 saturated heterocycles. The Morgan fingerprint density at radius 3 is 2.37 bits per heavy atom. The maximum absolute atomic E-state index is 10.8. The van der Waals surface area contributed by atoms with Gasteiger partial charge in [-0.15, -0.1) is 0 Å². The van der Waals surface area contributed by atoms with E-state index < -0.39 is 4.92 Å². The molecule has 0 atom stereocenters. The third kappa shape index (κ3) is 2.92. The monoisotopic (exact) mass is 336 g/mol. The van der Waals surface area contributed by atoms with E-state index in [0.717, 1.165) is 6.20 Å². The van der Waals surface area contributed by atoms with Crippen molar-refractivity contribution in [1.29, 1.82) is 0 Å². The van der Waals surface area contributed by atoms with Gasteiger partial charge in [0.15, 0.2) is 0 Å². The number of benzene rings is 1. The molecule has 1 aromatic carbocycles. The van der Waals surface area contributed by atoms with Crippen molar-refractivity contribution in [2.24, 2.45) is 0 Å². The number of nitro groups is 1. The molecule has 0 fully saturated rings. The van der Waals surface area contributed by atoms with Crippen molar-refractivity contribution in [2.75, 3.05) is 0 Å². The quantitative estimate of drug-likeness (QED) is 0.324. The molecule has 0 unspecified atom stereocenters. The van der Waals surface area contributed by atoms with Gasteiger partial charge in [0.2, 0.25) is 0 Å². The van der Waals surface area contributed by atoms with Gasteiger partial charge in [-0.1, -0.05) is 46.4 Å². The van der Waals surface area contributed by atoms with Crippen LogP contribution in [0.5, 0.6) is 0 Å². The van der Waals surface area contributed by atoms with Crippen LogP contribution in [0.4, 0.5) is 5.69 Å². The lowest BCUT2D eigenvalue weighted by Gasteiger charge is -2.08. The van der Waals surface area contributed by atoms with Gasteiger partial charge in [0.1, 0.15) is 11.3 Å². The molecule has 0 aliphatic carbocycles. The summed E-state index contributed by atoms with van der Waals surface area (Å²) in [5.41, 5.74) is 0.484. The lowest BCUT2D eigenvalue weighted by atomic mass is 10.1. The highest BCUT2D eigenvalue weighted by atomic mass is 35.5. The summed E-state index contributed by atoms with van der Waals surface area (Å²) in [7, 11) is 0. The first-order chi connectivity index (χ1) is 8.90. The Balaban J connectivity index is 2.71. The first-order valence-electron chi connectivity index (χ1n) is 4.85. The topological polar surface area (TPSA) is 56.0 Å². The summed E-state index contributed by atoms with van der Waals surface area (Å²) >= 11 is 23.8. The maximum atomic E-state index is 10.8. The minimum absolute atomic E-state index is 0.0748. The number of hydrogen-bond donors (Lipinski definition) is 0. The second kappa shape index (κ2) is 5.51. The molecule has 0 aliphatic heterocycles. The van der Waals surface area contributed by atoms with E-state index in [1.165, 1.54) is 18.2 Å². The number of rotatable bonds is 2. The van der Waals surface area contributed by atoms with Gasteiger partial charge < -0.3 is 0 Å². The van der Waals surface area contributed by atoms with Gasteiger partial charge in [0.05, 0.1) is 15.0 Å². The van der Waals surface area contributed by atoms with Crippen LogP contribution in [0.2, 0.25) is 20.2 Å². The van der Waals surface area contributed by atoms with Crippen molar-refractivity contribution in [3.05, 3.63) is 54.7 Å². The van der Waals surface area contributed by atoms with Gasteiger partial charge in [-0.3, -0.25) is 10.1 Å². The van der Waals surface area contributed by atoms with Crippen molar-refractivity contribution in [2.45, 2.75) is 0 Å². The number of hydrogen-bond acceptors (Lipinski definition) is 3. The molecule has 0 bridgehead atoms. The van der Waals surface area contributed by atoms with Gasteiger partial charge >= 0.3 is 0 Å². The summed E-state index contributed by atoms with van der Waals surface area (Å²) in [5, 5.41) is 11.6. The summed E-state index contributed by atoms with van der Waals surface area (Å²) in [6.45, 7) is 0. The number of halogens is 4. The molecular formula is C11H4Cl4N2O2. The highest BCUT2D eigenvalue weighted by Gasteiger charge is 2.17. The average molecular weight is 338 g/mol. The molecule has 2 aromatic rings. The van der Waals surface area contributed by atoms with Crippen molar-refractivity contribution in [3.63, 3.8) is 0 Å². The molecule has 8 heteroatoms. The fourth-order valence-corrected chi connectivity index (χ4v) is 2.39. The fourth-order valence-electron chi connectivity index (χ4n) is 1.48. The van der Waals surface area contributed by atoms with E-state index in [-0.39, 0.29) is 20.9 Å². The Hall–Kier alpha value is -1.07. The molecular weight excluding hydrogens is 334 g/mol. The van der Waals surface area contributed by atoms with Crippen LogP contribution in [0.25, 0.3) is 11.1 Å². The van der Waals surface area contributed by atoms with Crippen LogP contribution in [-0.4, -0.2) is 9.91 Å². The van der Waals surface area contributed by atoms with Gasteiger partial charge in [-0.05, 0) is 12.1 Å². The molecule has 2 rings (SSSR count). The average Bonchev–Trinajstić information content (AvgIpc) is 2.34. The van der Waals surface area contributed by atoms with Gasteiger partial charge in [-0.25, -0.2) is 4.98 Å². The molecule has 1 heterocycles. The minimum Gasteiger partial charge on any atom is -0.258 e. The predicted octanol–water partition coefficient (Wildman–Crippen LogP) is 5.27. The lowest BCUT2D eigenvalue weighted by Crippen LogP contribution is -1.92. The summed E-state index contributed by atoms with van der Waals surface area (Å²) < 4.78 is 0. The Bertz CT molecular complexity index is 676. The number of pyridine rings is 1. The van der Waals surface area contributed by atoms with Crippen LogP contribution >= 0.6 is 46.4 Å². The molecule has 0 saturated carbocycles. The van der Waals surface area contributed by atoms with E-state index in [1.807, 2.05) is 0 Å². The zero-order valence-electron chi connectivity index (χ0n) is 9.03. The van der Waals surface area contributed by atoms with Crippen molar-refractivity contribution >= 4 is 52.1 Å². The van der Waals surface area contributed by atoms with Crippen LogP contribution in [-0.2, 0) is 0 Å². The van der Waals surface area contributed by atoms with Crippen molar-refractivity contribution < 1.29 is 4.92 Å². The molecule has 0 aliphatic rings. The predicted molar refractivity (Wildman–Crippen MR) is 76.4 cm³/mol. The van der Waals surface area contributed by atoms with Crippen LogP contribution in [0.1, 0.15) is 0 Å². The van der Waals surface area contributed by atoms with E-state index in [0.29, 0.717) is 16.1 Å². The molecule has 0 N–H and O–H groups in total. The SMILES string of the molecule is O=[N+]([O-])c1cnc(Cl)c(-c2cc(Cl)cc(Cl)c2Cl)c1. The van der Waals surface area contributed by atoms with Crippen LogP contribution in [0.3, 0.4) is 0 Å². The summed E-state index contributed by atoms with van der Waals surface area (Å²) in [5.74, 6) is 0. The van der Waals surface area contributed by atoms with E-state index in [2.05, 4.69) is 4.98 Å². The first kappa shape index (κ1) is 14.3. The highest BCUT2D eigenvalue weighted by molar-refractivity contribution is 6.45. The molecule has 0 spiro atoms. The first-order valence-corrected chi connectivity index (χ1v) is 6.36. The highest BCUT2D eigenvalue weighted by Crippen LogP contribution is 2.39. The summed E-state index contributed by atoms with van der Waals surface area (Å²) in [4.78, 5) is 13.9. The summed E-state index contributed by atoms with van der Waals surface area (Å²) in [6, 6.07) is 4.25. The maximum Gasteiger partial charge on any atom is 0.288 e. The fraction of sp³-hybridized carbons (Fsp3) is 0. The van der Waals surface area contributed by atoms with E-state index >= 15 is 0 Å². The van der Waals surface area contributed by atoms with Gasteiger partial charge in [-0.2, -0.15) is 0 Å². The third-order valence-electron chi connectivity index (χ3n) is 2.32. The van der Waals surface area contributed by atoms with Crippen molar-refractivity contribution in [1.82, 2.24) is 4.98 Å². The molecule has 19 heavy (non-hydrogen) atoms. The van der Waals surface area contributed by atoms with E-state index in [1.54, 1.807) is 0 Å². The molecule has 1 aromatic heterocycles. The Morgan fingerprint density at radius 1 is 1.05 bits per heavy atom. The second-order valence-corrected chi connectivity index (χ2v) is 5.12. The van der Waals surface area contributed by atoms with Crippen LogP contribution in [0, 0.1) is 10.1 Å². The number of nitrogens with zero attached hydrogens (tertiary/aromatic N) is 2. The Labute approximate surface area is 128 Å². The van der Waals surface area contributed by atoms with Crippen LogP contribution in [0.15, 0.2) is 24.4 Å². The largest absolute Gasteiger partial charge is 0.288 e. The van der Waals surface area contributed by atoms with E-state index in [4.69, 9.17) is 46.4 Å². The van der Waals surface area contributed by atoms with Crippen LogP contribution < -0.4 is 0 Å². The smallest absolute Gasteiger partial charge is 0.258 e. The molecule has 0 amide bonds. The van der Waals surface area contributed by atoms with Crippen molar-refractivity contribution in [3.8, 4) is 11.1 Å². The molecule has 0 radical (unpaired) electrons. The molecule has 98 valence electrons. The summed E-state index contributed by atoms with van der Waals surface area (Å²) in [6.07, 6.45) is 1.06. The standard InChI is InChI=1S/C11H4Cl4N2O2/c12-5-1-7(10(14)9(13)2-5)8-3-6(17(18)19)4-16-11(8)15/h1-4H. The zero-order chi connectivity index (χ0) is 14.2.